The lowest BCUT2D eigenvalue weighted by Gasteiger charge is -2.27. The molecular formula is C16H22F3N3O3. The third kappa shape index (κ3) is 7.61. The summed E-state index contributed by atoms with van der Waals surface area (Å²) in [4.78, 5) is 14.0. The first-order valence-corrected chi connectivity index (χ1v) is 8.05. The van der Waals surface area contributed by atoms with Crippen LogP contribution in [0.1, 0.15) is 0 Å². The Kier molecular flexibility index (Phi) is 7.32. The maximum Gasteiger partial charge on any atom is 0.422 e. The molecule has 1 aliphatic rings. The number of nitrogens with zero attached hydrogens (tertiary/aromatic N) is 1. The second-order valence-corrected chi connectivity index (χ2v) is 5.58. The Balaban J connectivity index is 1.71. The molecule has 1 amide bonds. The third-order valence-electron chi connectivity index (χ3n) is 3.56. The third-order valence-corrected chi connectivity index (χ3v) is 3.56. The summed E-state index contributed by atoms with van der Waals surface area (Å²) in [5.41, 5.74) is 0. The molecule has 2 N–H and O–H groups in total. The van der Waals surface area contributed by atoms with Crippen LogP contribution >= 0.6 is 0 Å². The number of hydrogen-bond donors (Lipinski definition) is 2. The number of amides is 1. The molecule has 1 heterocycles. The molecule has 0 unspecified atom stereocenters. The molecule has 6 nitrogen and oxygen atoms in total. The highest BCUT2D eigenvalue weighted by molar-refractivity contribution is 5.77. The van der Waals surface area contributed by atoms with Crippen LogP contribution in [-0.4, -0.2) is 69.5 Å². The van der Waals surface area contributed by atoms with Crippen LogP contribution in [0.4, 0.5) is 13.2 Å². The van der Waals surface area contributed by atoms with Gasteiger partial charge in [-0.05, 0) is 12.1 Å². The lowest BCUT2D eigenvalue weighted by molar-refractivity contribution is -0.153. The maximum absolute atomic E-state index is 12.2. The van der Waals surface area contributed by atoms with E-state index in [2.05, 4.69) is 15.5 Å². The predicted molar refractivity (Wildman–Crippen MR) is 85.8 cm³/mol. The molecule has 0 bridgehead atoms. The number of hydrogen-bond acceptors (Lipinski definition) is 5. The summed E-state index contributed by atoms with van der Waals surface area (Å²) in [7, 11) is 0. The number of alkyl halides is 3. The van der Waals surface area contributed by atoms with E-state index in [4.69, 9.17) is 9.47 Å². The van der Waals surface area contributed by atoms with E-state index >= 15 is 0 Å². The van der Waals surface area contributed by atoms with Crippen LogP contribution in [0, 0.1) is 0 Å². The minimum absolute atomic E-state index is 0.0477. The number of ether oxygens (including phenoxy) is 2. The summed E-state index contributed by atoms with van der Waals surface area (Å²) in [6, 6.07) is 5.95. The largest absolute Gasteiger partial charge is 0.480 e. The standard InChI is InChI=1S/C16H22F3N3O3/c17-16(18,19)12-25-14-4-2-1-3-13(14)24-11-15(23)21-7-10-22-8-5-20-6-9-22/h1-4,20H,5-12H2,(H,21,23). The zero-order chi connectivity index (χ0) is 18.1. The Morgan fingerprint density at radius 3 is 2.44 bits per heavy atom. The first-order valence-electron chi connectivity index (χ1n) is 8.05. The molecule has 1 aromatic rings. The van der Waals surface area contributed by atoms with Gasteiger partial charge in [0.25, 0.3) is 5.91 Å². The Morgan fingerprint density at radius 1 is 1.16 bits per heavy atom. The zero-order valence-corrected chi connectivity index (χ0v) is 13.8. The van der Waals surface area contributed by atoms with Gasteiger partial charge < -0.3 is 20.1 Å². The van der Waals surface area contributed by atoms with Gasteiger partial charge in [-0.25, -0.2) is 0 Å². The minimum Gasteiger partial charge on any atom is -0.480 e. The molecule has 1 aliphatic heterocycles. The fraction of sp³-hybridized carbons (Fsp3) is 0.562. The van der Waals surface area contributed by atoms with Crippen molar-refractivity contribution in [3.63, 3.8) is 0 Å². The van der Waals surface area contributed by atoms with Crippen molar-refractivity contribution in [1.29, 1.82) is 0 Å². The van der Waals surface area contributed by atoms with E-state index in [-0.39, 0.29) is 24.0 Å². The zero-order valence-electron chi connectivity index (χ0n) is 13.8. The lowest BCUT2D eigenvalue weighted by atomic mass is 10.3. The number of benzene rings is 1. The Hall–Kier alpha value is -2.00. The van der Waals surface area contributed by atoms with Crippen LogP contribution in [0.25, 0.3) is 0 Å². The average molecular weight is 361 g/mol. The number of rotatable bonds is 8. The molecular weight excluding hydrogens is 339 g/mol. The molecule has 1 aromatic carbocycles. The SMILES string of the molecule is O=C(COc1ccccc1OCC(F)(F)F)NCCN1CCNCC1. The van der Waals surface area contributed by atoms with E-state index in [1.54, 1.807) is 6.07 Å². The van der Waals surface area contributed by atoms with Crippen LogP contribution in [0.3, 0.4) is 0 Å². The summed E-state index contributed by atoms with van der Waals surface area (Å²) in [5, 5.41) is 5.98. The monoisotopic (exact) mass is 361 g/mol. The van der Waals surface area contributed by atoms with Gasteiger partial charge >= 0.3 is 6.18 Å². The summed E-state index contributed by atoms with van der Waals surface area (Å²) >= 11 is 0. The Morgan fingerprint density at radius 2 is 1.80 bits per heavy atom. The number of carbonyl (C=O) groups is 1. The molecule has 1 fully saturated rings. The summed E-state index contributed by atoms with van der Waals surface area (Å²) in [6.45, 7) is 3.30. The summed E-state index contributed by atoms with van der Waals surface area (Å²) < 4.78 is 46.7. The smallest absolute Gasteiger partial charge is 0.422 e. The second kappa shape index (κ2) is 9.47. The van der Waals surface area contributed by atoms with Gasteiger partial charge in [0.2, 0.25) is 0 Å². The van der Waals surface area contributed by atoms with E-state index in [1.807, 2.05) is 0 Å². The number of nitrogens with one attached hydrogen (secondary N) is 2. The van der Waals surface area contributed by atoms with E-state index in [0.717, 1.165) is 32.7 Å². The van der Waals surface area contributed by atoms with Gasteiger partial charge in [0.05, 0.1) is 0 Å². The minimum atomic E-state index is -4.44. The Bertz CT molecular complexity index is 549. The number of piperazine rings is 1. The van der Waals surface area contributed by atoms with Crippen molar-refractivity contribution < 1.29 is 27.4 Å². The highest BCUT2D eigenvalue weighted by Crippen LogP contribution is 2.28. The van der Waals surface area contributed by atoms with Crippen LogP contribution < -0.4 is 20.1 Å². The van der Waals surface area contributed by atoms with Gasteiger partial charge in [0, 0.05) is 39.3 Å². The highest BCUT2D eigenvalue weighted by atomic mass is 19.4. The van der Waals surface area contributed by atoms with Crippen molar-refractivity contribution in [2.24, 2.45) is 0 Å². The van der Waals surface area contributed by atoms with Gasteiger partial charge in [-0.3, -0.25) is 9.69 Å². The topological polar surface area (TPSA) is 62.8 Å². The van der Waals surface area contributed by atoms with E-state index in [9.17, 15) is 18.0 Å². The summed E-state index contributed by atoms with van der Waals surface area (Å²) in [6.07, 6.45) is -4.44. The van der Waals surface area contributed by atoms with Crippen molar-refractivity contribution in [1.82, 2.24) is 15.5 Å². The van der Waals surface area contributed by atoms with E-state index < -0.39 is 12.8 Å². The molecule has 0 spiro atoms. The first-order chi connectivity index (χ1) is 11.9. The highest BCUT2D eigenvalue weighted by Gasteiger charge is 2.29. The summed E-state index contributed by atoms with van der Waals surface area (Å²) in [5.74, 6) is -0.279. The van der Waals surface area contributed by atoms with Crippen LogP contribution in [0.5, 0.6) is 11.5 Å². The molecule has 0 radical (unpaired) electrons. The molecule has 0 aromatic heterocycles. The predicted octanol–water partition coefficient (Wildman–Crippen LogP) is 1.03. The van der Waals surface area contributed by atoms with Crippen molar-refractivity contribution in [2.45, 2.75) is 6.18 Å². The first kappa shape index (κ1) is 19.3. The van der Waals surface area contributed by atoms with E-state index in [0.29, 0.717) is 6.54 Å². The average Bonchev–Trinajstić information content (AvgIpc) is 2.59. The molecule has 25 heavy (non-hydrogen) atoms. The van der Waals surface area contributed by atoms with Crippen molar-refractivity contribution >= 4 is 5.91 Å². The van der Waals surface area contributed by atoms with Crippen molar-refractivity contribution in [2.75, 3.05) is 52.5 Å². The van der Waals surface area contributed by atoms with Crippen LogP contribution in [0.2, 0.25) is 0 Å². The molecule has 140 valence electrons. The number of carbonyl (C=O) groups excluding carboxylic acids is 1. The fourth-order valence-electron chi connectivity index (χ4n) is 2.33. The van der Waals surface area contributed by atoms with Gasteiger partial charge in [-0.2, -0.15) is 13.2 Å². The fourth-order valence-corrected chi connectivity index (χ4v) is 2.33. The van der Waals surface area contributed by atoms with Gasteiger partial charge in [-0.15, -0.1) is 0 Å². The second-order valence-electron chi connectivity index (χ2n) is 5.58. The molecule has 0 saturated carbocycles. The molecule has 0 aliphatic carbocycles. The normalized spacial score (nSPS) is 15.6. The maximum atomic E-state index is 12.2. The quantitative estimate of drug-likeness (QED) is 0.724. The number of halogens is 3. The van der Waals surface area contributed by atoms with E-state index in [1.165, 1.54) is 18.2 Å². The number of para-hydroxylation sites is 2. The van der Waals surface area contributed by atoms with Crippen molar-refractivity contribution in [3.05, 3.63) is 24.3 Å². The molecule has 1 saturated heterocycles. The van der Waals surface area contributed by atoms with Gasteiger partial charge in [0.15, 0.2) is 24.7 Å². The molecule has 2 rings (SSSR count). The van der Waals surface area contributed by atoms with Crippen LogP contribution in [0.15, 0.2) is 24.3 Å². The lowest BCUT2D eigenvalue weighted by Crippen LogP contribution is -2.46. The molecule has 9 heteroatoms. The Labute approximate surface area is 144 Å². The van der Waals surface area contributed by atoms with Crippen molar-refractivity contribution in [3.8, 4) is 11.5 Å². The van der Waals surface area contributed by atoms with Crippen LogP contribution in [-0.2, 0) is 4.79 Å². The van der Waals surface area contributed by atoms with Gasteiger partial charge in [0.1, 0.15) is 0 Å². The van der Waals surface area contributed by atoms with Gasteiger partial charge in [-0.1, -0.05) is 12.1 Å². The molecule has 0 atom stereocenters.